The van der Waals surface area contributed by atoms with Crippen molar-refractivity contribution in [3.05, 3.63) is 87.3 Å². The fourth-order valence-electron chi connectivity index (χ4n) is 7.65. The summed E-state index contributed by atoms with van der Waals surface area (Å²) in [4.78, 5) is 40.1. The Labute approximate surface area is 247 Å². The molecule has 214 valence electrons. The van der Waals surface area contributed by atoms with Gasteiger partial charge in [0.05, 0.1) is 17.0 Å². The number of hydrogen-bond donors (Lipinski definition) is 4. The van der Waals surface area contributed by atoms with Gasteiger partial charge in [-0.05, 0) is 54.2 Å². The SMILES string of the molecule is CC1C=C(NC(=O)[C@@H]2NC3(CCCCC3)[C@@]3(C(=O)Nc4cc(Cl)ccc43)[C@H]2c2cccc(Cl)c2F)C=CC1C(=O)O. The van der Waals surface area contributed by atoms with Gasteiger partial charge in [0.15, 0.2) is 0 Å². The number of aliphatic carboxylic acids is 1. The summed E-state index contributed by atoms with van der Waals surface area (Å²) in [5.41, 5.74) is -0.301. The molecule has 0 radical (unpaired) electrons. The highest BCUT2D eigenvalue weighted by atomic mass is 35.5. The molecule has 41 heavy (non-hydrogen) atoms. The molecule has 2 amide bonds. The van der Waals surface area contributed by atoms with E-state index in [2.05, 4.69) is 16.0 Å². The van der Waals surface area contributed by atoms with E-state index in [0.29, 0.717) is 34.8 Å². The van der Waals surface area contributed by atoms with Crippen LogP contribution in [-0.2, 0) is 19.8 Å². The summed E-state index contributed by atoms with van der Waals surface area (Å²) in [6, 6.07) is 8.88. The molecular formula is C31H30Cl2FN3O4. The molecule has 2 aromatic carbocycles. The number of amides is 2. The van der Waals surface area contributed by atoms with Crippen LogP contribution >= 0.6 is 23.2 Å². The van der Waals surface area contributed by atoms with Gasteiger partial charge < -0.3 is 15.7 Å². The minimum atomic E-state index is -1.32. The average Bonchev–Trinajstić information content (AvgIpc) is 3.38. The van der Waals surface area contributed by atoms with E-state index in [-0.39, 0.29) is 22.4 Å². The van der Waals surface area contributed by atoms with Gasteiger partial charge in [0, 0.05) is 27.9 Å². The van der Waals surface area contributed by atoms with Crippen molar-refractivity contribution in [3.8, 4) is 0 Å². The predicted molar refractivity (Wildman–Crippen MR) is 154 cm³/mol. The number of nitrogens with one attached hydrogen (secondary N) is 3. The lowest BCUT2D eigenvalue weighted by molar-refractivity contribution is -0.141. The number of halogens is 3. The molecule has 2 heterocycles. The Balaban J connectivity index is 1.52. The van der Waals surface area contributed by atoms with Crippen molar-refractivity contribution in [2.24, 2.45) is 11.8 Å². The number of benzene rings is 2. The van der Waals surface area contributed by atoms with E-state index < -0.39 is 46.5 Å². The lowest BCUT2D eigenvalue weighted by Gasteiger charge is -2.47. The molecule has 1 saturated carbocycles. The van der Waals surface area contributed by atoms with Crippen LogP contribution in [0.2, 0.25) is 10.0 Å². The van der Waals surface area contributed by atoms with Crippen molar-refractivity contribution in [1.29, 1.82) is 0 Å². The molecule has 0 bridgehead atoms. The van der Waals surface area contributed by atoms with Crippen molar-refractivity contribution >= 4 is 46.7 Å². The zero-order valence-electron chi connectivity index (χ0n) is 22.3. The second kappa shape index (κ2) is 10.3. The highest BCUT2D eigenvalue weighted by molar-refractivity contribution is 6.31. The molecule has 7 nitrogen and oxygen atoms in total. The van der Waals surface area contributed by atoms with E-state index in [9.17, 15) is 19.5 Å². The lowest BCUT2D eigenvalue weighted by atomic mass is 9.55. The monoisotopic (exact) mass is 597 g/mol. The van der Waals surface area contributed by atoms with Crippen molar-refractivity contribution in [2.45, 2.75) is 61.9 Å². The predicted octanol–water partition coefficient (Wildman–Crippen LogP) is 5.69. The van der Waals surface area contributed by atoms with Crippen molar-refractivity contribution in [1.82, 2.24) is 10.6 Å². The maximum atomic E-state index is 16.0. The fourth-order valence-corrected chi connectivity index (χ4v) is 8.01. The highest BCUT2D eigenvalue weighted by Gasteiger charge is 2.72. The van der Waals surface area contributed by atoms with Gasteiger partial charge in [0.1, 0.15) is 11.2 Å². The van der Waals surface area contributed by atoms with Crippen molar-refractivity contribution in [2.75, 3.05) is 5.32 Å². The van der Waals surface area contributed by atoms with Crippen LogP contribution in [0.15, 0.2) is 60.3 Å². The summed E-state index contributed by atoms with van der Waals surface area (Å²) >= 11 is 12.6. The number of carboxylic acids is 1. The third-order valence-electron chi connectivity index (χ3n) is 9.35. The third kappa shape index (κ3) is 4.22. The van der Waals surface area contributed by atoms with Gasteiger partial charge in [0.25, 0.3) is 0 Å². The number of fused-ring (bicyclic) bond motifs is 3. The van der Waals surface area contributed by atoms with Crippen molar-refractivity contribution in [3.63, 3.8) is 0 Å². The van der Waals surface area contributed by atoms with Crippen LogP contribution in [0.25, 0.3) is 0 Å². The minimum Gasteiger partial charge on any atom is -0.481 e. The van der Waals surface area contributed by atoms with Gasteiger partial charge in [-0.2, -0.15) is 0 Å². The normalized spacial score (nSPS) is 29.8. The van der Waals surface area contributed by atoms with Gasteiger partial charge in [-0.25, -0.2) is 4.39 Å². The maximum absolute atomic E-state index is 16.0. The Morgan fingerprint density at radius 3 is 2.59 bits per heavy atom. The molecule has 10 heteroatoms. The summed E-state index contributed by atoms with van der Waals surface area (Å²) in [5, 5.41) is 19.4. The number of anilines is 1. The van der Waals surface area contributed by atoms with Crippen LogP contribution in [0.5, 0.6) is 0 Å². The van der Waals surface area contributed by atoms with Gasteiger partial charge in [-0.3, -0.25) is 19.7 Å². The zero-order chi connectivity index (χ0) is 29.1. The number of carbonyl (C=O) groups is 3. The van der Waals surface area contributed by atoms with Crippen LogP contribution < -0.4 is 16.0 Å². The standard InChI is InChI=1S/C31H30Cl2FN3O4/c1-16-14-18(9-10-19(16)28(39)40)35-27(38)26-24(20-6-5-7-22(33)25(20)34)31(30(37-26)12-3-2-4-13-30)21-11-8-17(32)15-23(21)36-29(31)41/h5-11,14-16,19,24,26,37H,2-4,12-13H2,1H3,(H,35,38)(H,36,41)(H,39,40)/t16?,19?,24-,26+,31+/m0/s1. The Morgan fingerprint density at radius 1 is 1.12 bits per heavy atom. The molecule has 2 fully saturated rings. The molecule has 2 aliphatic carbocycles. The largest absolute Gasteiger partial charge is 0.481 e. The van der Waals surface area contributed by atoms with Crippen molar-refractivity contribution < 1.29 is 23.9 Å². The first kappa shape index (κ1) is 27.9. The summed E-state index contributed by atoms with van der Waals surface area (Å²) in [6.45, 7) is 1.77. The molecule has 6 rings (SSSR count). The van der Waals surface area contributed by atoms with E-state index in [0.717, 1.165) is 19.3 Å². The van der Waals surface area contributed by atoms with E-state index in [1.54, 1.807) is 49.4 Å². The lowest BCUT2D eigenvalue weighted by Crippen LogP contribution is -2.60. The Hall–Kier alpha value is -3.20. The number of carbonyl (C=O) groups excluding carboxylic acids is 2. The molecule has 2 aliphatic heterocycles. The number of allylic oxidation sites excluding steroid dienone is 2. The van der Waals surface area contributed by atoms with E-state index in [1.165, 1.54) is 6.07 Å². The topological polar surface area (TPSA) is 108 Å². The molecule has 5 atom stereocenters. The minimum absolute atomic E-state index is 0.0948. The maximum Gasteiger partial charge on any atom is 0.310 e. The van der Waals surface area contributed by atoms with Crippen LogP contribution in [0.4, 0.5) is 10.1 Å². The molecule has 4 N–H and O–H groups in total. The van der Waals surface area contributed by atoms with E-state index in [4.69, 9.17) is 23.2 Å². The summed E-state index contributed by atoms with van der Waals surface area (Å²) in [7, 11) is 0. The smallest absolute Gasteiger partial charge is 0.310 e. The summed E-state index contributed by atoms with van der Waals surface area (Å²) < 4.78 is 16.0. The van der Waals surface area contributed by atoms with Gasteiger partial charge in [-0.15, -0.1) is 0 Å². The molecule has 0 aromatic heterocycles. The first-order valence-electron chi connectivity index (χ1n) is 13.9. The molecule has 4 aliphatic rings. The molecule has 1 saturated heterocycles. The van der Waals surface area contributed by atoms with Crippen LogP contribution in [0.3, 0.4) is 0 Å². The summed E-state index contributed by atoms with van der Waals surface area (Å²) in [5.74, 6) is -4.36. The van der Waals surface area contributed by atoms with Gasteiger partial charge in [-0.1, -0.05) is 79.7 Å². The average molecular weight is 599 g/mol. The first-order chi connectivity index (χ1) is 19.6. The quantitative estimate of drug-likeness (QED) is 0.362. The zero-order valence-corrected chi connectivity index (χ0v) is 23.9. The highest BCUT2D eigenvalue weighted by Crippen LogP contribution is 2.62. The first-order valence-corrected chi connectivity index (χ1v) is 14.6. The molecular weight excluding hydrogens is 568 g/mol. The van der Waals surface area contributed by atoms with Crippen LogP contribution in [0.1, 0.15) is 56.1 Å². The number of rotatable bonds is 4. The second-order valence-corrected chi connectivity index (χ2v) is 12.4. The second-order valence-electron chi connectivity index (χ2n) is 11.5. The number of carboxylic acid groups (broad SMARTS) is 1. The van der Waals surface area contributed by atoms with Crippen LogP contribution in [0, 0.1) is 17.7 Å². The Bertz CT molecular complexity index is 1520. The summed E-state index contributed by atoms with van der Waals surface area (Å²) in [6.07, 6.45) is 8.72. The van der Waals surface area contributed by atoms with E-state index >= 15 is 4.39 Å². The Kier molecular flexibility index (Phi) is 6.99. The molecule has 2 spiro atoms. The third-order valence-corrected chi connectivity index (χ3v) is 9.88. The molecule has 2 unspecified atom stereocenters. The molecule has 2 aromatic rings. The van der Waals surface area contributed by atoms with Gasteiger partial charge in [0.2, 0.25) is 11.8 Å². The number of hydrogen-bond acceptors (Lipinski definition) is 4. The van der Waals surface area contributed by atoms with Crippen LogP contribution in [-0.4, -0.2) is 34.5 Å². The fraction of sp³-hybridized carbons (Fsp3) is 0.387. The van der Waals surface area contributed by atoms with Gasteiger partial charge >= 0.3 is 5.97 Å². The van der Waals surface area contributed by atoms with E-state index in [1.807, 2.05) is 6.07 Å². The Morgan fingerprint density at radius 2 is 1.88 bits per heavy atom.